The number of rotatable bonds is 7. The van der Waals surface area contributed by atoms with Crippen molar-refractivity contribution in [1.29, 1.82) is 0 Å². The lowest BCUT2D eigenvalue weighted by Gasteiger charge is -2.24. The van der Waals surface area contributed by atoms with E-state index in [1.165, 1.54) is 0 Å². The standard InChI is InChI=1S/C14H20N2O4/c1-4-14(2,13(18)19)15-9-12(17)16-10-6-5-7-11(8-10)20-3/h5-8,15H,4,9H2,1-3H3,(H,16,17)(H,18,19). The average molecular weight is 280 g/mol. The van der Waals surface area contributed by atoms with Crippen molar-refractivity contribution in [2.75, 3.05) is 19.0 Å². The Morgan fingerprint density at radius 2 is 2.10 bits per heavy atom. The lowest BCUT2D eigenvalue weighted by Crippen LogP contribution is -2.51. The summed E-state index contributed by atoms with van der Waals surface area (Å²) >= 11 is 0. The van der Waals surface area contributed by atoms with Crippen LogP contribution in [0, 0.1) is 0 Å². The predicted octanol–water partition coefficient (Wildman–Crippen LogP) is 1.48. The summed E-state index contributed by atoms with van der Waals surface area (Å²) in [6.07, 6.45) is 0.384. The molecule has 0 fully saturated rings. The number of methoxy groups -OCH3 is 1. The number of carboxylic acid groups (broad SMARTS) is 1. The zero-order valence-corrected chi connectivity index (χ0v) is 11.9. The molecule has 0 heterocycles. The highest BCUT2D eigenvalue weighted by Crippen LogP contribution is 2.16. The van der Waals surface area contributed by atoms with Gasteiger partial charge in [0.25, 0.3) is 0 Å². The van der Waals surface area contributed by atoms with Crippen LogP contribution in [0.2, 0.25) is 0 Å². The molecule has 0 aromatic heterocycles. The van der Waals surface area contributed by atoms with Gasteiger partial charge >= 0.3 is 5.97 Å². The van der Waals surface area contributed by atoms with Gasteiger partial charge in [-0.2, -0.15) is 0 Å². The molecule has 1 aromatic carbocycles. The number of aliphatic carboxylic acids is 1. The Hall–Kier alpha value is -2.08. The Morgan fingerprint density at radius 1 is 1.40 bits per heavy atom. The van der Waals surface area contributed by atoms with E-state index >= 15 is 0 Å². The summed E-state index contributed by atoms with van der Waals surface area (Å²) in [5, 5.41) is 14.5. The molecule has 1 amide bonds. The number of carbonyl (C=O) groups is 2. The van der Waals surface area contributed by atoms with E-state index in [0.717, 1.165) is 0 Å². The number of carbonyl (C=O) groups excluding carboxylic acids is 1. The van der Waals surface area contributed by atoms with Crippen molar-refractivity contribution < 1.29 is 19.4 Å². The van der Waals surface area contributed by atoms with Crippen molar-refractivity contribution in [3.8, 4) is 5.75 Å². The highest BCUT2D eigenvalue weighted by atomic mass is 16.5. The van der Waals surface area contributed by atoms with E-state index in [2.05, 4.69) is 10.6 Å². The molecule has 6 nitrogen and oxygen atoms in total. The van der Waals surface area contributed by atoms with Crippen molar-refractivity contribution >= 4 is 17.6 Å². The Kier molecular flexibility index (Phi) is 5.52. The minimum Gasteiger partial charge on any atom is -0.497 e. The molecule has 0 radical (unpaired) electrons. The zero-order chi connectivity index (χ0) is 15.2. The molecule has 0 spiro atoms. The highest BCUT2D eigenvalue weighted by Gasteiger charge is 2.30. The molecule has 0 saturated heterocycles. The number of amides is 1. The Labute approximate surface area is 118 Å². The van der Waals surface area contributed by atoms with E-state index in [1.54, 1.807) is 45.2 Å². The number of hydrogen-bond acceptors (Lipinski definition) is 4. The Morgan fingerprint density at radius 3 is 2.65 bits per heavy atom. The maximum atomic E-state index is 11.8. The van der Waals surface area contributed by atoms with Crippen molar-refractivity contribution in [3.63, 3.8) is 0 Å². The van der Waals surface area contributed by atoms with E-state index in [1.807, 2.05) is 0 Å². The monoisotopic (exact) mass is 280 g/mol. The first-order valence-corrected chi connectivity index (χ1v) is 6.33. The number of carboxylic acids is 1. The second kappa shape index (κ2) is 6.91. The van der Waals surface area contributed by atoms with Crippen LogP contribution in [0.5, 0.6) is 5.75 Å². The van der Waals surface area contributed by atoms with Crippen LogP contribution in [0.25, 0.3) is 0 Å². The molecule has 0 aliphatic rings. The van der Waals surface area contributed by atoms with Crippen LogP contribution in [-0.4, -0.2) is 36.2 Å². The number of ether oxygens (including phenoxy) is 1. The van der Waals surface area contributed by atoms with Gasteiger partial charge in [0.15, 0.2) is 0 Å². The molecule has 1 aromatic rings. The van der Waals surface area contributed by atoms with Crippen LogP contribution < -0.4 is 15.4 Å². The summed E-state index contributed by atoms with van der Waals surface area (Å²) in [4.78, 5) is 22.9. The van der Waals surface area contributed by atoms with Crippen LogP contribution in [-0.2, 0) is 9.59 Å². The van der Waals surface area contributed by atoms with Crippen LogP contribution in [0.3, 0.4) is 0 Å². The Bertz CT molecular complexity index is 490. The fourth-order valence-corrected chi connectivity index (χ4v) is 1.53. The molecular formula is C14H20N2O4. The first kappa shape index (κ1) is 16.0. The summed E-state index contributed by atoms with van der Waals surface area (Å²) in [5.41, 5.74) is -0.504. The van der Waals surface area contributed by atoms with Gasteiger partial charge in [0, 0.05) is 11.8 Å². The third-order valence-corrected chi connectivity index (χ3v) is 3.17. The van der Waals surface area contributed by atoms with Crippen molar-refractivity contribution in [2.45, 2.75) is 25.8 Å². The van der Waals surface area contributed by atoms with E-state index < -0.39 is 11.5 Å². The van der Waals surface area contributed by atoms with Gasteiger partial charge in [0.2, 0.25) is 5.91 Å². The molecule has 0 saturated carbocycles. The zero-order valence-electron chi connectivity index (χ0n) is 11.9. The van der Waals surface area contributed by atoms with Crippen molar-refractivity contribution in [3.05, 3.63) is 24.3 Å². The first-order valence-electron chi connectivity index (χ1n) is 6.33. The smallest absolute Gasteiger partial charge is 0.323 e. The van der Waals surface area contributed by atoms with Gasteiger partial charge in [-0.05, 0) is 25.5 Å². The van der Waals surface area contributed by atoms with Crippen LogP contribution in [0.4, 0.5) is 5.69 Å². The van der Waals surface area contributed by atoms with E-state index in [0.29, 0.717) is 17.9 Å². The summed E-state index contributed by atoms with van der Waals surface area (Å²) in [6, 6.07) is 6.95. The molecule has 3 N–H and O–H groups in total. The van der Waals surface area contributed by atoms with Gasteiger partial charge in [0.1, 0.15) is 11.3 Å². The maximum Gasteiger partial charge on any atom is 0.323 e. The summed E-state index contributed by atoms with van der Waals surface area (Å²) in [7, 11) is 1.54. The van der Waals surface area contributed by atoms with E-state index in [9.17, 15) is 9.59 Å². The summed E-state index contributed by atoms with van der Waals surface area (Å²) < 4.78 is 5.05. The fraction of sp³-hybridized carbons (Fsp3) is 0.429. The largest absolute Gasteiger partial charge is 0.497 e. The molecule has 110 valence electrons. The van der Waals surface area contributed by atoms with Gasteiger partial charge in [0.05, 0.1) is 13.7 Å². The minimum atomic E-state index is -1.11. The molecule has 1 atom stereocenters. The predicted molar refractivity (Wildman–Crippen MR) is 76.0 cm³/mol. The van der Waals surface area contributed by atoms with Crippen LogP contribution >= 0.6 is 0 Å². The molecule has 0 bridgehead atoms. The normalized spacial score (nSPS) is 13.3. The molecule has 1 rings (SSSR count). The van der Waals surface area contributed by atoms with Crippen molar-refractivity contribution in [1.82, 2.24) is 5.32 Å². The third-order valence-electron chi connectivity index (χ3n) is 3.17. The molecular weight excluding hydrogens is 260 g/mol. The molecule has 0 aliphatic carbocycles. The molecule has 6 heteroatoms. The van der Waals surface area contributed by atoms with Gasteiger partial charge in [-0.15, -0.1) is 0 Å². The second-order valence-corrected chi connectivity index (χ2v) is 4.62. The van der Waals surface area contributed by atoms with E-state index in [4.69, 9.17) is 9.84 Å². The molecule has 20 heavy (non-hydrogen) atoms. The lowest BCUT2D eigenvalue weighted by atomic mass is 9.99. The molecule has 1 unspecified atom stereocenters. The fourth-order valence-electron chi connectivity index (χ4n) is 1.53. The van der Waals surface area contributed by atoms with Gasteiger partial charge in [-0.1, -0.05) is 13.0 Å². The van der Waals surface area contributed by atoms with Gasteiger partial charge in [-0.3, -0.25) is 14.9 Å². The van der Waals surface area contributed by atoms with Gasteiger partial charge < -0.3 is 15.2 Å². The maximum absolute atomic E-state index is 11.8. The van der Waals surface area contributed by atoms with Gasteiger partial charge in [-0.25, -0.2) is 0 Å². The third kappa shape index (κ3) is 4.24. The van der Waals surface area contributed by atoms with Crippen LogP contribution in [0.15, 0.2) is 24.3 Å². The van der Waals surface area contributed by atoms with E-state index in [-0.39, 0.29) is 12.5 Å². The number of benzene rings is 1. The highest BCUT2D eigenvalue weighted by molar-refractivity contribution is 5.93. The van der Waals surface area contributed by atoms with Crippen molar-refractivity contribution in [2.24, 2.45) is 0 Å². The second-order valence-electron chi connectivity index (χ2n) is 4.62. The minimum absolute atomic E-state index is 0.0755. The van der Waals surface area contributed by atoms with Crippen LogP contribution in [0.1, 0.15) is 20.3 Å². The first-order chi connectivity index (χ1) is 9.41. The quantitative estimate of drug-likeness (QED) is 0.704. The Balaban J connectivity index is 2.57. The molecule has 0 aliphatic heterocycles. The topological polar surface area (TPSA) is 87.7 Å². The average Bonchev–Trinajstić information content (AvgIpc) is 2.44. The summed E-state index contributed by atoms with van der Waals surface area (Å²) in [5.74, 6) is -0.645. The summed E-state index contributed by atoms with van der Waals surface area (Å²) in [6.45, 7) is 3.23. The number of nitrogens with one attached hydrogen (secondary N) is 2. The lowest BCUT2D eigenvalue weighted by molar-refractivity contribution is -0.144. The SMILES string of the molecule is CCC(C)(NCC(=O)Nc1cccc(OC)c1)C(=O)O. The number of anilines is 1. The number of hydrogen-bond donors (Lipinski definition) is 3.